The minimum Gasteiger partial charge on any atom is -0.384 e. The van der Waals surface area contributed by atoms with Crippen molar-refractivity contribution in [3.05, 3.63) is 0 Å². The molecule has 0 aliphatic carbocycles. The highest BCUT2D eigenvalue weighted by Crippen LogP contribution is 1.88. The molecular formula is C7H18O. The van der Waals surface area contributed by atoms with Crippen molar-refractivity contribution in [3.63, 3.8) is 0 Å². The molecule has 8 heavy (non-hydrogen) atoms. The zero-order valence-electron chi connectivity index (χ0n) is 6.69. The van der Waals surface area contributed by atoms with E-state index in [4.69, 9.17) is 4.74 Å². The van der Waals surface area contributed by atoms with Gasteiger partial charge in [0, 0.05) is 13.7 Å². The maximum Gasteiger partial charge on any atom is 0.0485 e. The fourth-order valence-corrected chi connectivity index (χ4v) is 0.333. The zero-order valence-corrected chi connectivity index (χ0v) is 6.69. The largest absolute Gasteiger partial charge is 0.384 e. The maximum absolute atomic E-state index is 4.80. The average Bonchev–Trinajstić information content (AvgIpc) is 1.72. The molecule has 0 radical (unpaired) electrons. The van der Waals surface area contributed by atoms with Crippen molar-refractivity contribution in [1.82, 2.24) is 0 Å². The summed E-state index contributed by atoms with van der Waals surface area (Å²) in [4.78, 5) is 0. The van der Waals surface area contributed by atoms with E-state index >= 15 is 0 Å². The first-order valence-corrected chi connectivity index (χ1v) is 3.26. The lowest BCUT2D eigenvalue weighted by Gasteiger charge is -1.97. The van der Waals surface area contributed by atoms with Gasteiger partial charge in [-0.2, -0.15) is 0 Å². The van der Waals surface area contributed by atoms with Crippen molar-refractivity contribution in [2.45, 2.75) is 27.7 Å². The summed E-state index contributed by atoms with van der Waals surface area (Å²) in [7, 11) is 1.72. The highest BCUT2D eigenvalue weighted by atomic mass is 16.5. The molecule has 0 aliphatic heterocycles. The van der Waals surface area contributed by atoms with Gasteiger partial charge in [0.05, 0.1) is 0 Å². The minimum atomic E-state index is 0.676. The number of rotatable bonds is 2. The smallest absolute Gasteiger partial charge is 0.0485 e. The highest BCUT2D eigenvalue weighted by molar-refractivity contribution is 4.35. The van der Waals surface area contributed by atoms with Crippen LogP contribution in [0.25, 0.3) is 0 Å². The fraction of sp³-hybridized carbons (Fsp3) is 1.00. The van der Waals surface area contributed by atoms with Crippen LogP contribution < -0.4 is 0 Å². The van der Waals surface area contributed by atoms with Crippen molar-refractivity contribution in [3.8, 4) is 0 Å². The van der Waals surface area contributed by atoms with Crippen LogP contribution in [0.4, 0.5) is 0 Å². The molecule has 0 bridgehead atoms. The number of hydrogen-bond acceptors (Lipinski definition) is 1. The van der Waals surface area contributed by atoms with E-state index < -0.39 is 0 Å². The van der Waals surface area contributed by atoms with Crippen LogP contribution >= 0.6 is 0 Å². The summed E-state index contributed by atoms with van der Waals surface area (Å²) >= 11 is 0. The molecule has 1 heteroatoms. The van der Waals surface area contributed by atoms with E-state index in [0.29, 0.717) is 5.92 Å². The van der Waals surface area contributed by atoms with Gasteiger partial charge in [0.25, 0.3) is 0 Å². The Morgan fingerprint density at radius 2 is 1.62 bits per heavy atom. The molecule has 52 valence electrons. The van der Waals surface area contributed by atoms with Crippen LogP contribution in [0.3, 0.4) is 0 Å². The molecule has 0 rings (SSSR count). The number of methoxy groups -OCH3 is 1. The fourth-order valence-electron chi connectivity index (χ4n) is 0.333. The van der Waals surface area contributed by atoms with Gasteiger partial charge in [0.2, 0.25) is 0 Å². The van der Waals surface area contributed by atoms with Gasteiger partial charge in [-0.25, -0.2) is 0 Å². The summed E-state index contributed by atoms with van der Waals surface area (Å²) in [5, 5.41) is 0. The van der Waals surface area contributed by atoms with Crippen LogP contribution in [0, 0.1) is 5.92 Å². The van der Waals surface area contributed by atoms with Gasteiger partial charge in [0.1, 0.15) is 0 Å². The lowest BCUT2D eigenvalue weighted by molar-refractivity contribution is 0.167. The molecule has 0 heterocycles. The molecule has 0 saturated heterocycles. The lowest BCUT2D eigenvalue weighted by Crippen LogP contribution is -1.96. The summed E-state index contributed by atoms with van der Waals surface area (Å²) in [5.74, 6) is 0.676. The number of hydrogen-bond donors (Lipinski definition) is 0. The Bertz CT molecular complexity index is 25.6. The Kier molecular flexibility index (Phi) is 13.6. The normalized spacial score (nSPS) is 8.25. The summed E-state index contributed by atoms with van der Waals surface area (Å²) < 4.78 is 4.80. The second kappa shape index (κ2) is 10.0. The second-order valence-corrected chi connectivity index (χ2v) is 1.85. The molecule has 0 spiro atoms. The molecule has 0 fully saturated rings. The minimum absolute atomic E-state index is 0.676. The van der Waals surface area contributed by atoms with E-state index in [1.54, 1.807) is 7.11 Å². The van der Waals surface area contributed by atoms with Crippen molar-refractivity contribution in [2.75, 3.05) is 13.7 Å². The Labute approximate surface area is 53.0 Å². The average molecular weight is 118 g/mol. The predicted octanol–water partition coefficient (Wildman–Crippen LogP) is 2.32. The molecule has 0 atom stereocenters. The third kappa shape index (κ3) is 16.7. The van der Waals surface area contributed by atoms with Gasteiger partial charge in [0.15, 0.2) is 0 Å². The van der Waals surface area contributed by atoms with E-state index in [1.807, 2.05) is 13.8 Å². The van der Waals surface area contributed by atoms with Crippen molar-refractivity contribution < 1.29 is 4.74 Å². The molecule has 1 nitrogen and oxygen atoms in total. The lowest BCUT2D eigenvalue weighted by atomic mass is 10.2. The highest BCUT2D eigenvalue weighted by Gasteiger charge is 1.85. The van der Waals surface area contributed by atoms with Crippen LogP contribution in [0.5, 0.6) is 0 Å². The molecular weight excluding hydrogens is 100 g/mol. The Morgan fingerprint density at radius 1 is 1.25 bits per heavy atom. The molecule has 0 saturated carbocycles. The first kappa shape index (κ1) is 10.9. The third-order valence-corrected chi connectivity index (χ3v) is 0.500. The van der Waals surface area contributed by atoms with Gasteiger partial charge in [-0.3, -0.25) is 0 Å². The molecule has 0 aromatic carbocycles. The first-order valence-electron chi connectivity index (χ1n) is 3.26. The second-order valence-electron chi connectivity index (χ2n) is 1.85. The van der Waals surface area contributed by atoms with Gasteiger partial charge in [-0.05, 0) is 5.92 Å². The molecule has 0 amide bonds. The van der Waals surface area contributed by atoms with Gasteiger partial charge >= 0.3 is 0 Å². The van der Waals surface area contributed by atoms with E-state index in [1.165, 1.54) is 0 Å². The Hall–Kier alpha value is -0.0400. The van der Waals surface area contributed by atoms with Crippen molar-refractivity contribution in [1.29, 1.82) is 0 Å². The molecule has 0 aromatic rings. The van der Waals surface area contributed by atoms with E-state index in [0.717, 1.165) is 6.61 Å². The topological polar surface area (TPSA) is 9.23 Å². The summed E-state index contributed by atoms with van der Waals surface area (Å²) in [6, 6.07) is 0. The maximum atomic E-state index is 4.80. The Balaban J connectivity index is 0. The third-order valence-electron chi connectivity index (χ3n) is 0.500. The summed E-state index contributed by atoms with van der Waals surface area (Å²) in [6.07, 6.45) is 0. The quantitative estimate of drug-likeness (QED) is 0.540. The van der Waals surface area contributed by atoms with Crippen LogP contribution in [0.1, 0.15) is 27.7 Å². The first-order chi connectivity index (χ1) is 3.77. The van der Waals surface area contributed by atoms with E-state index in [2.05, 4.69) is 13.8 Å². The summed E-state index contributed by atoms with van der Waals surface area (Å²) in [5.41, 5.74) is 0. The summed E-state index contributed by atoms with van der Waals surface area (Å²) in [6.45, 7) is 9.13. The van der Waals surface area contributed by atoms with Gasteiger partial charge in [-0.15, -0.1) is 0 Å². The van der Waals surface area contributed by atoms with E-state index in [9.17, 15) is 0 Å². The Morgan fingerprint density at radius 3 is 1.62 bits per heavy atom. The van der Waals surface area contributed by atoms with Gasteiger partial charge < -0.3 is 4.74 Å². The van der Waals surface area contributed by atoms with E-state index in [-0.39, 0.29) is 0 Å². The van der Waals surface area contributed by atoms with Crippen molar-refractivity contribution >= 4 is 0 Å². The molecule has 0 aliphatic rings. The SMILES string of the molecule is CC.COCC(C)C. The monoisotopic (exact) mass is 118 g/mol. The van der Waals surface area contributed by atoms with Crippen LogP contribution in [0.15, 0.2) is 0 Å². The van der Waals surface area contributed by atoms with Crippen LogP contribution in [-0.4, -0.2) is 13.7 Å². The predicted molar refractivity (Wildman–Crippen MR) is 38.1 cm³/mol. The number of ether oxygens (including phenoxy) is 1. The van der Waals surface area contributed by atoms with Gasteiger partial charge in [-0.1, -0.05) is 27.7 Å². The van der Waals surface area contributed by atoms with Crippen LogP contribution in [0.2, 0.25) is 0 Å². The van der Waals surface area contributed by atoms with Crippen LogP contribution in [-0.2, 0) is 4.74 Å². The standard InChI is InChI=1S/C5H12O.C2H6/c1-5(2)4-6-3;1-2/h5H,4H2,1-3H3;1-2H3. The molecule has 0 N–H and O–H groups in total. The molecule has 0 unspecified atom stereocenters. The van der Waals surface area contributed by atoms with Crippen molar-refractivity contribution in [2.24, 2.45) is 5.92 Å². The molecule has 0 aromatic heterocycles. The zero-order chi connectivity index (χ0) is 6.99.